The zero-order valence-corrected chi connectivity index (χ0v) is 10.8. The van der Waals surface area contributed by atoms with Crippen LogP contribution in [0.1, 0.15) is 12.8 Å². The first-order valence-electron chi connectivity index (χ1n) is 6.31. The van der Waals surface area contributed by atoms with Crippen LogP contribution in [0, 0.1) is 0 Å². The maximum Gasteiger partial charge on any atom is 0.224 e. The normalized spacial score (nSPS) is 10.0. The Labute approximate surface area is 117 Å². The Morgan fingerprint density at radius 1 is 0.900 bits per heavy atom. The highest BCUT2D eigenvalue weighted by molar-refractivity contribution is 5.96. The number of carboxylic acid groups (broad SMARTS) is 1. The van der Waals surface area contributed by atoms with Gasteiger partial charge in [0.25, 0.3) is 0 Å². The van der Waals surface area contributed by atoms with Crippen LogP contribution in [-0.4, -0.2) is 11.9 Å². The molecular weight excluding hydrogens is 254 g/mol. The Hall–Kier alpha value is -2.62. The number of para-hydroxylation sites is 1. The highest BCUT2D eigenvalue weighted by Crippen LogP contribution is 2.27. The van der Waals surface area contributed by atoms with Gasteiger partial charge in [-0.3, -0.25) is 4.79 Å². The summed E-state index contributed by atoms with van der Waals surface area (Å²) in [4.78, 5) is 22.1. The van der Waals surface area contributed by atoms with E-state index < -0.39 is 5.97 Å². The highest BCUT2D eigenvalue weighted by Gasteiger charge is 2.07. The number of anilines is 1. The van der Waals surface area contributed by atoms with E-state index in [1.54, 1.807) is 6.07 Å². The Morgan fingerprint density at radius 3 is 2.25 bits per heavy atom. The molecule has 1 amide bonds. The fourth-order valence-corrected chi connectivity index (χ4v) is 1.89. The lowest BCUT2D eigenvalue weighted by atomic mass is 10.0. The number of benzene rings is 2. The molecule has 4 heteroatoms. The standard InChI is InChI=1S/C16H15NO3/c18-15(10-11-16(19)20)17-14-9-5-4-8-13(14)12-6-2-1-3-7-12/h1-9H,10-11H2,(H,17,18)(H,19,20)/p-1. The van der Waals surface area contributed by atoms with E-state index in [9.17, 15) is 14.7 Å². The molecule has 0 aliphatic rings. The lowest BCUT2D eigenvalue weighted by Crippen LogP contribution is -2.24. The zero-order valence-electron chi connectivity index (χ0n) is 10.8. The molecule has 0 saturated heterocycles. The van der Waals surface area contributed by atoms with Gasteiger partial charge >= 0.3 is 0 Å². The van der Waals surface area contributed by atoms with Crippen molar-refractivity contribution in [3.8, 4) is 11.1 Å². The van der Waals surface area contributed by atoms with Crippen molar-refractivity contribution < 1.29 is 14.7 Å². The smallest absolute Gasteiger partial charge is 0.224 e. The fourth-order valence-electron chi connectivity index (χ4n) is 1.89. The monoisotopic (exact) mass is 268 g/mol. The zero-order chi connectivity index (χ0) is 14.4. The molecule has 0 aromatic heterocycles. The molecule has 0 heterocycles. The Morgan fingerprint density at radius 2 is 1.55 bits per heavy atom. The topological polar surface area (TPSA) is 69.2 Å². The summed E-state index contributed by atoms with van der Waals surface area (Å²) in [7, 11) is 0. The Bertz CT molecular complexity index is 608. The lowest BCUT2D eigenvalue weighted by molar-refractivity contribution is -0.305. The number of carboxylic acids is 1. The second-order valence-corrected chi connectivity index (χ2v) is 4.33. The molecule has 0 atom stereocenters. The second kappa shape index (κ2) is 6.52. The molecule has 0 unspecified atom stereocenters. The molecule has 2 aromatic carbocycles. The first-order chi connectivity index (χ1) is 9.66. The molecular formula is C16H14NO3-. The summed E-state index contributed by atoms with van der Waals surface area (Å²) in [5, 5.41) is 13.1. The van der Waals surface area contributed by atoms with Gasteiger partial charge in [0.05, 0.1) is 0 Å². The molecule has 0 aliphatic heterocycles. The number of hydrogen-bond donors (Lipinski definition) is 1. The average Bonchev–Trinajstić information content (AvgIpc) is 2.47. The summed E-state index contributed by atoms with van der Waals surface area (Å²) in [6.45, 7) is 0. The molecule has 1 N–H and O–H groups in total. The molecule has 102 valence electrons. The van der Waals surface area contributed by atoms with Gasteiger partial charge in [0.2, 0.25) is 5.91 Å². The van der Waals surface area contributed by atoms with E-state index in [4.69, 9.17) is 0 Å². The van der Waals surface area contributed by atoms with E-state index in [2.05, 4.69) is 5.32 Å². The predicted octanol–water partition coefficient (Wildman–Crippen LogP) is 1.82. The Balaban J connectivity index is 2.17. The van der Waals surface area contributed by atoms with E-state index >= 15 is 0 Å². The maximum absolute atomic E-state index is 11.7. The van der Waals surface area contributed by atoms with Gasteiger partial charge in [-0.15, -0.1) is 0 Å². The van der Waals surface area contributed by atoms with E-state index in [-0.39, 0.29) is 18.7 Å². The van der Waals surface area contributed by atoms with Gasteiger partial charge in [-0.2, -0.15) is 0 Å². The van der Waals surface area contributed by atoms with Crippen molar-refractivity contribution in [1.82, 2.24) is 0 Å². The minimum atomic E-state index is -1.23. The molecule has 0 bridgehead atoms. The van der Waals surface area contributed by atoms with Crippen LogP contribution in [0.5, 0.6) is 0 Å². The van der Waals surface area contributed by atoms with Crippen molar-refractivity contribution >= 4 is 17.6 Å². The summed E-state index contributed by atoms with van der Waals surface area (Å²) in [6, 6.07) is 17.1. The number of carbonyl (C=O) groups excluding carboxylic acids is 2. The van der Waals surface area contributed by atoms with Gasteiger partial charge in [0.1, 0.15) is 0 Å². The summed E-state index contributed by atoms with van der Waals surface area (Å²) < 4.78 is 0. The van der Waals surface area contributed by atoms with E-state index in [1.165, 1.54) is 0 Å². The van der Waals surface area contributed by atoms with Crippen molar-refractivity contribution in [2.24, 2.45) is 0 Å². The maximum atomic E-state index is 11.7. The van der Waals surface area contributed by atoms with E-state index in [0.29, 0.717) is 5.69 Å². The molecule has 0 saturated carbocycles. The van der Waals surface area contributed by atoms with Gasteiger partial charge in [0.15, 0.2) is 0 Å². The number of carbonyl (C=O) groups is 2. The van der Waals surface area contributed by atoms with Crippen LogP contribution >= 0.6 is 0 Å². The molecule has 2 aromatic rings. The van der Waals surface area contributed by atoms with Gasteiger partial charge in [0, 0.05) is 23.6 Å². The van der Waals surface area contributed by atoms with Crippen molar-refractivity contribution in [2.75, 3.05) is 5.32 Å². The van der Waals surface area contributed by atoms with Gasteiger partial charge in [-0.1, -0.05) is 48.5 Å². The third-order valence-electron chi connectivity index (χ3n) is 2.84. The second-order valence-electron chi connectivity index (χ2n) is 4.33. The SMILES string of the molecule is O=C([O-])CCC(=O)Nc1ccccc1-c1ccccc1. The lowest BCUT2D eigenvalue weighted by Gasteiger charge is -2.11. The van der Waals surface area contributed by atoms with Crippen LogP contribution in [0.3, 0.4) is 0 Å². The van der Waals surface area contributed by atoms with Crippen molar-refractivity contribution in [1.29, 1.82) is 0 Å². The molecule has 0 aliphatic carbocycles. The van der Waals surface area contributed by atoms with Gasteiger partial charge in [-0.05, 0) is 18.1 Å². The van der Waals surface area contributed by atoms with E-state index in [1.807, 2.05) is 48.5 Å². The van der Waals surface area contributed by atoms with E-state index in [0.717, 1.165) is 11.1 Å². The minimum Gasteiger partial charge on any atom is -0.550 e. The molecule has 0 radical (unpaired) electrons. The van der Waals surface area contributed by atoms with Crippen LogP contribution in [0.2, 0.25) is 0 Å². The number of amides is 1. The van der Waals surface area contributed by atoms with Crippen LogP contribution in [-0.2, 0) is 9.59 Å². The van der Waals surface area contributed by atoms with Crippen LogP contribution in [0.4, 0.5) is 5.69 Å². The molecule has 0 spiro atoms. The minimum absolute atomic E-state index is 0.0918. The highest BCUT2D eigenvalue weighted by atomic mass is 16.4. The predicted molar refractivity (Wildman–Crippen MR) is 74.7 cm³/mol. The molecule has 2 rings (SSSR count). The first-order valence-corrected chi connectivity index (χ1v) is 6.31. The van der Waals surface area contributed by atoms with Crippen molar-refractivity contribution in [3.05, 3.63) is 54.6 Å². The third-order valence-corrected chi connectivity index (χ3v) is 2.84. The number of aliphatic carboxylic acids is 1. The third kappa shape index (κ3) is 3.68. The Kier molecular flexibility index (Phi) is 4.50. The van der Waals surface area contributed by atoms with Gasteiger partial charge in [-0.25, -0.2) is 0 Å². The van der Waals surface area contributed by atoms with Crippen LogP contribution in [0.15, 0.2) is 54.6 Å². The quantitative estimate of drug-likeness (QED) is 0.899. The summed E-state index contributed by atoms with van der Waals surface area (Å²) >= 11 is 0. The number of hydrogen-bond acceptors (Lipinski definition) is 3. The molecule has 4 nitrogen and oxygen atoms in total. The van der Waals surface area contributed by atoms with Crippen molar-refractivity contribution in [3.63, 3.8) is 0 Å². The van der Waals surface area contributed by atoms with Crippen LogP contribution in [0.25, 0.3) is 11.1 Å². The summed E-state index contributed by atoms with van der Waals surface area (Å²) in [6.07, 6.45) is -0.370. The largest absolute Gasteiger partial charge is 0.550 e. The number of nitrogens with one attached hydrogen (secondary N) is 1. The summed E-state index contributed by atoms with van der Waals surface area (Å²) in [5.74, 6) is -1.56. The van der Waals surface area contributed by atoms with Gasteiger partial charge < -0.3 is 15.2 Å². The van der Waals surface area contributed by atoms with Crippen molar-refractivity contribution in [2.45, 2.75) is 12.8 Å². The number of rotatable bonds is 5. The summed E-state index contributed by atoms with van der Waals surface area (Å²) in [5.41, 5.74) is 2.56. The first kappa shape index (κ1) is 13.8. The average molecular weight is 268 g/mol. The molecule has 0 fully saturated rings. The molecule has 20 heavy (non-hydrogen) atoms. The fraction of sp³-hybridized carbons (Fsp3) is 0.125. The van der Waals surface area contributed by atoms with Crippen LogP contribution < -0.4 is 10.4 Å².